The van der Waals surface area contributed by atoms with Gasteiger partial charge in [0.2, 0.25) is 0 Å². The third kappa shape index (κ3) is 10.4. The molecule has 0 amide bonds. The lowest BCUT2D eigenvalue weighted by molar-refractivity contribution is -0.315. The van der Waals surface area contributed by atoms with Gasteiger partial charge in [0.25, 0.3) is 0 Å². The minimum Gasteiger partial charge on any atom is -0.462 e. The standard InChI is InChI=1S/C46H76O16/c1-11-23-13-27(23)29-15-25-17-33(61-43-39(49)41(53-9)31(51-7)21-55-43)45(3,4)36(57-25)20-38(48)60-30(28-14-24(28)12-2)16-26-18-34(46(5,6)35(58-26)19-37(47)59-29)62-44-40(50)42(54-10)32(52-8)22-56-44/h23-36,39-44,49-50H,11-22H2,1-10H3/t23-,24?,25-,26-,27-,28-,29+,30+,31-,32-,33+,34?,35?,36?,39-,40-,41+,42+,43?,44?/m1/s1. The fourth-order valence-electron chi connectivity index (χ4n) is 11.1. The monoisotopic (exact) mass is 885 g/mol. The van der Waals surface area contributed by atoms with Gasteiger partial charge in [0.05, 0.1) is 62.7 Å². The Balaban J connectivity index is 1.17. The number of aliphatic hydroxyl groups excluding tert-OH is 2. The van der Waals surface area contributed by atoms with Crippen LogP contribution in [0.5, 0.6) is 0 Å². The molecule has 2 aliphatic carbocycles. The summed E-state index contributed by atoms with van der Waals surface area (Å²) in [4.78, 5) is 28.6. The first kappa shape index (κ1) is 48.4. The molecule has 5 heterocycles. The van der Waals surface area contributed by atoms with Crippen molar-refractivity contribution in [1.29, 1.82) is 0 Å². The maximum atomic E-state index is 14.3. The summed E-state index contributed by atoms with van der Waals surface area (Å²) in [7, 11) is 6.15. The van der Waals surface area contributed by atoms with E-state index in [1.807, 2.05) is 27.7 Å². The first-order valence-corrected chi connectivity index (χ1v) is 23.3. The number of carbonyl (C=O) groups excluding carboxylic acids is 2. The van der Waals surface area contributed by atoms with Gasteiger partial charge in [-0.05, 0) is 36.5 Å². The molecule has 16 nitrogen and oxygen atoms in total. The molecule has 0 aromatic carbocycles. The second-order valence-corrected chi connectivity index (χ2v) is 20.3. The van der Waals surface area contributed by atoms with Gasteiger partial charge in [0.15, 0.2) is 12.6 Å². The van der Waals surface area contributed by atoms with Crippen LogP contribution in [-0.2, 0) is 66.4 Å². The molecule has 4 bridgehead atoms. The van der Waals surface area contributed by atoms with E-state index < -0.39 is 109 Å². The number of hydrogen-bond acceptors (Lipinski definition) is 16. The van der Waals surface area contributed by atoms with E-state index in [-0.39, 0.29) is 49.8 Å². The first-order valence-electron chi connectivity index (χ1n) is 23.3. The second-order valence-electron chi connectivity index (χ2n) is 20.3. The summed E-state index contributed by atoms with van der Waals surface area (Å²) in [5.41, 5.74) is -1.45. The van der Waals surface area contributed by atoms with Gasteiger partial charge < -0.3 is 67.1 Å². The third-order valence-corrected chi connectivity index (χ3v) is 15.8. The molecule has 356 valence electrons. The van der Waals surface area contributed by atoms with Crippen molar-refractivity contribution in [2.24, 2.45) is 34.5 Å². The average Bonchev–Trinajstić information content (AvgIpc) is 4.17. The Hall–Kier alpha value is -1.54. The van der Waals surface area contributed by atoms with Crippen LogP contribution >= 0.6 is 0 Å². The van der Waals surface area contributed by atoms with E-state index in [9.17, 15) is 19.8 Å². The molecule has 20 atom stereocenters. The van der Waals surface area contributed by atoms with Crippen molar-refractivity contribution in [1.82, 2.24) is 0 Å². The molecule has 7 fully saturated rings. The highest BCUT2D eigenvalue weighted by molar-refractivity contribution is 5.71. The number of carbonyl (C=O) groups is 2. The summed E-state index contributed by atoms with van der Waals surface area (Å²) >= 11 is 0. The molecule has 5 saturated heterocycles. The van der Waals surface area contributed by atoms with E-state index in [1.54, 1.807) is 14.2 Å². The highest BCUT2D eigenvalue weighted by Gasteiger charge is 2.55. The van der Waals surface area contributed by atoms with Crippen molar-refractivity contribution >= 4 is 11.9 Å². The van der Waals surface area contributed by atoms with Crippen LogP contribution in [0.1, 0.15) is 106 Å². The van der Waals surface area contributed by atoms with Gasteiger partial charge in [0.1, 0.15) is 48.8 Å². The lowest BCUT2D eigenvalue weighted by Gasteiger charge is -2.50. The van der Waals surface area contributed by atoms with Gasteiger partial charge >= 0.3 is 11.9 Å². The van der Waals surface area contributed by atoms with Crippen LogP contribution in [0.3, 0.4) is 0 Å². The van der Waals surface area contributed by atoms with E-state index >= 15 is 0 Å². The van der Waals surface area contributed by atoms with Crippen LogP contribution < -0.4 is 0 Å². The Labute approximate surface area is 367 Å². The number of esters is 2. The maximum absolute atomic E-state index is 14.3. The number of aliphatic hydroxyl groups is 2. The predicted octanol–water partition coefficient (Wildman–Crippen LogP) is 4.11. The van der Waals surface area contributed by atoms with Crippen molar-refractivity contribution < 1.29 is 76.6 Å². The van der Waals surface area contributed by atoms with Crippen LogP contribution in [0.25, 0.3) is 0 Å². The van der Waals surface area contributed by atoms with E-state index in [0.29, 0.717) is 37.5 Å². The molecule has 0 aromatic heterocycles. The van der Waals surface area contributed by atoms with Gasteiger partial charge in [0, 0.05) is 65.0 Å². The molecule has 0 aromatic rings. The minimum atomic E-state index is -1.12. The van der Waals surface area contributed by atoms with E-state index in [1.165, 1.54) is 14.2 Å². The van der Waals surface area contributed by atoms with Crippen molar-refractivity contribution in [3.63, 3.8) is 0 Å². The number of methoxy groups -OCH3 is 4. The van der Waals surface area contributed by atoms with E-state index in [2.05, 4.69) is 13.8 Å². The summed E-state index contributed by atoms with van der Waals surface area (Å²) in [6.45, 7) is 12.7. The van der Waals surface area contributed by atoms with Crippen LogP contribution in [-0.4, -0.2) is 162 Å². The van der Waals surface area contributed by atoms with Crippen LogP contribution in [0.4, 0.5) is 0 Å². The SMILES string of the molecule is CCC1C[C@H]1[C@@H]1C[C@@H]2CC(OC3OC[C@@H](OC)[C@H](OC)[C@H]3O)C(C)(C)C(CC(=O)O[C@H]([C@@H]3C[C@H]3CC)C[C@@H]3C[C@H](OC4OC[C@@H](OC)[C@H](OC)[C@H]4O)C(C)(C)C(CC(=O)O1)O3)O2. The maximum Gasteiger partial charge on any atom is 0.308 e. The smallest absolute Gasteiger partial charge is 0.308 e. The second kappa shape index (κ2) is 20.1. The summed E-state index contributed by atoms with van der Waals surface area (Å²) in [5.74, 6) is 0.398. The molecule has 2 saturated carbocycles. The summed E-state index contributed by atoms with van der Waals surface area (Å²) < 4.78 is 74.5. The van der Waals surface area contributed by atoms with Gasteiger partial charge in [-0.1, -0.05) is 54.4 Å². The molecule has 62 heavy (non-hydrogen) atoms. The number of ether oxygens (including phenoxy) is 12. The molecule has 0 radical (unpaired) electrons. The Kier molecular flexibility index (Phi) is 15.7. The van der Waals surface area contributed by atoms with Gasteiger partial charge in [-0.15, -0.1) is 0 Å². The lowest BCUT2D eigenvalue weighted by atomic mass is 9.73. The number of rotatable bonds is 12. The topological polar surface area (TPSA) is 185 Å². The zero-order valence-corrected chi connectivity index (χ0v) is 38.6. The molecule has 2 N–H and O–H groups in total. The first-order chi connectivity index (χ1) is 29.6. The molecule has 0 spiro atoms. The third-order valence-electron chi connectivity index (χ3n) is 15.8. The Morgan fingerprint density at radius 2 is 0.968 bits per heavy atom. The molecule has 5 aliphatic heterocycles. The predicted molar refractivity (Wildman–Crippen MR) is 221 cm³/mol. The normalized spacial score (nSPS) is 47.2. The Bertz CT molecular complexity index is 1390. The van der Waals surface area contributed by atoms with Crippen molar-refractivity contribution in [2.75, 3.05) is 41.7 Å². The van der Waals surface area contributed by atoms with Crippen LogP contribution in [0, 0.1) is 34.5 Å². The van der Waals surface area contributed by atoms with E-state index in [4.69, 9.17) is 56.8 Å². The Morgan fingerprint density at radius 1 is 0.581 bits per heavy atom. The number of cyclic esters (lactones) is 2. The largest absolute Gasteiger partial charge is 0.462 e. The highest BCUT2D eigenvalue weighted by atomic mass is 16.7. The Morgan fingerprint density at radius 3 is 1.29 bits per heavy atom. The highest BCUT2D eigenvalue weighted by Crippen LogP contribution is 2.51. The summed E-state index contributed by atoms with van der Waals surface area (Å²) in [6, 6.07) is 0. The van der Waals surface area contributed by atoms with Crippen LogP contribution in [0.2, 0.25) is 0 Å². The molecule has 7 aliphatic rings. The van der Waals surface area contributed by atoms with Crippen molar-refractivity contribution in [3.8, 4) is 0 Å². The van der Waals surface area contributed by atoms with Crippen LogP contribution in [0.15, 0.2) is 0 Å². The molecule has 7 rings (SSSR count). The molecular formula is C46H76O16. The zero-order chi connectivity index (χ0) is 44.7. The fraction of sp³-hybridized carbons (Fsp3) is 0.957. The quantitative estimate of drug-likeness (QED) is 0.267. The van der Waals surface area contributed by atoms with E-state index in [0.717, 1.165) is 25.7 Å². The average molecular weight is 885 g/mol. The van der Waals surface area contributed by atoms with Crippen molar-refractivity contribution in [3.05, 3.63) is 0 Å². The van der Waals surface area contributed by atoms with Crippen molar-refractivity contribution in [2.45, 2.75) is 204 Å². The van der Waals surface area contributed by atoms with Gasteiger partial charge in [-0.3, -0.25) is 9.59 Å². The van der Waals surface area contributed by atoms with Gasteiger partial charge in [-0.25, -0.2) is 0 Å². The molecule has 6 unspecified atom stereocenters. The summed E-state index contributed by atoms with van der Waals surface area (Å²) in [5, 5.41) is 22.7. The van der Waals surface area contributed by atoms with Gasteiger partial charge in [-0.2, -0.15) is 0 Å². The molecule has 16 heteroatoms. The lowest BCUT2D eigenvalue weighted by Crippen LogP contribution is -2.59. The number of hydrogen-bond donors (Lipinski definition) is 2. The zero-order valence-electron chi connectivity index (χ0n) is 38.6. The molecular weight excluding hydrogens is 808 g/mol. The fourth-order valence-corrected chi connectivity index (χ4v) is 11.1. The summed E-state index contributed by atoms with van der Waals surface area (Å²) in [6.07, 6.45) is -5.15. The number of fused-ring (bicyclic) bond motifs is 4. The minimum absolute atomic E-state index is 0.0255.